The number of benzene rings is 2. The molecule has 0 spiro atoms. The molecule has 0 aliphatic heterocycles. The first-order valence-electron chi connectivity index (χ1n) is 8.26. The zero-order chi connectivity index (χ0) is 19.2. The second-order valence-electron chi connectivity index (χ2n) is 5.58. The summed E-state index contributed by atoms with van der Waals surface area (Å²) in [6.07, 6.45) is 0. The lowest BCUT2D eigenvalue weighted by Crippen LogP contribution is -2.14. The summed E-state index contributed by atoms with van der Waals surface area (Å²) in [7, 11) is -1.51. The maximum atomic E-state index is 12.1. The summed E-state index contributed by atoms with van der Waals surface area (Å²) < 4.78 is 13.3. The molecule has 27 heavy (non-hydrogen) atoms. The number of hydrogen-bond donors (Lipinski definition) is 2. The van der Waals surface area contributed by atoms with Gasteiger partial charge in [0.05, 0.1) is 10.6 Å². The number of thioether (sulfide) groups is 1. The fourth-order valence-corrected chi connectivity index (χ4v) is 3.69. The van der Waals surface area contributed by atoms with Crippen LogP contribution in [-0.2, 0) is 22.3 Å². The van der Waals surface area contributed by atoms with Crippen molar-refractivity contribution in [3.8, 4) is 11.4 Å². The number of carbonyl (C=O) groups is 1. The first kappa shape index (κ1) is 19.3. The molecule has 9 heteroatoms. The predicted octanol–water partition coefficient (Wildman–Crippen LogP) is 2.68. The number of aromatic nitrogens is 3. The van der Waals surface area contributed by atoms with Gasteiger partial charge in [0.25, 0.3) is 0 Å². The molecule has 3 rings (SSSR count). The molecule has 140 valence electrons. The maximum Gasteiger partial charge on any atom is 0.234 e. The van der Waals surface area contributed by atoms with E-state index in [0.29, 0.717) is 22.4 Å². The highest BCUT2D eigenvalue weighted by Gasteiger charge is 2.15. The number of amides is 1. The predicted molar refractivity (Wildman–Crippen MR) is 108 cm³/mol. The van der Waals surface area contributed by atoms with E-state index in [1.165, 1.54) is 11.8 Å². The molecule has 3 aromatic rings. The van der Waals surface area contributed by atoms with Crippen LogP contribution in [0.1, 0.15) is 6.92 Å². The van der Waals surface area contributed by atoms with E-state index in [-0.39, 0.29) is 11.7 Å². The van der Waals surface area contributed by atoms with Crippen LogP contribution in [0.15, 0.2) is 64.6 Å². The lowest BCUT2D eigenvalue weighted by molar-refractivity contribution is -0.113. The first-order valence-corrected chi connectivity index (χ1v) is 10.5. The quantitative estimate of drug-likeness (QED) is 0.593. The Morgan fingerprint density at radius 2 is 1.85 bits per heavy atom. The van der Waals surface area contributed by atoms with Crippen molar-refractivity contribution < 1.29 is 9.00 Å². The minimum absolute atomic E-state index is 0.104. The van der Waals surface area contributed by atoms with Crippen LogP contribution >= 0.6 is 11.8 Å². The summed E-state index contributed by atoms with van der Waals surface area (Å²) in [6.45, 7) is 2.65. The summed E-state index contributed by atoms with van der Waals surface area (Å²) in [6, 6.07) is 16.4. The summed E-state index contributed by atoms with van der Waals surface area (Å²) in [4.78, 5) is 12.7. The van der Waals surface area contributed by atoms with E-state index >= 15 is 0 Å². The van der Waals surface area contributed by atoms with Gasteiger partial charge < -0.3 is 9.88 Å². The van der Waals surface area contributed by atoms with Gasteiger partial charge in [-0.1, -0.05) is 30.0 Å². The molecule has 0 aliphatic carbocycles. The standard InChI is InChI=1S/C18H19N5O2S2/c1-2-23-17(13-8-10-15(11-9-13)27(19)25)21-22-18(23)26-12-16(24)20-14-6-4-3-5-7-14/h3-11H,2,12,19H2,1H3,(H,20,24). The molecule has 7 nitrogen and oxygen atoms in total. The van der Waals surface area contributed by atoms with E-state index in [2.05, 4.69) is 15.5 Å². The second-order valence-corrected chi connectivity index (χ2v) is 7.58. The number of nitrogens with one attached hydrogen (secondary N) is 1. The van der Waals surface area contributed by atoms with Crippen LogP contribution in [0.3, 0.4) is 0 Å². The van der Waals surface area contributed by atoms with E-state index in [1.54, 1.807) is 12.1 Å². The van der Waals surface area contributed by atoms with Gasteiger partial charge in [-0.25, -0.2) is 9.35 Å². The van der Waals surface area contributed by atoms with Crippen molar-refractivity contribution in [3.63, 3.8) is 0 Å². The Morgan fingerprint density at radius 3 is 2.48 bits per heavy atom. The Morgan fingerprint density at radius 1 is 1.15 bits per heavy atom. The Hall–Kier alpha value is -2.49. The van der Waals surface area contributed by atoms with Crippen LogP contribution in [0.2, 0.25) is 0 Å². The Labute approximate surface area is 164 Å². The van der Waals surface area contributed by atoms with Crippen LogP contribution in [0.5, 0.6) is 0 Å². The Bertz CT molecular complexity index is 942. The van der Waals surface area contributed by atoms with Gasteiger partial charge in [-0.2, -0.15) is 0 Å². The van der Waals surface area contributed by atoms with Crippen molar-refractivity contribution in [2.75, 3.05) is 11.1 Å². The van der Waals surface area contributed by atoms with E-state index < -0.39 is 11.0 Å². The molecule has 1 heterocycles. The second kappa shape index (κ2) is 8.94. The number of hydrogen-bond acceptors (Lipinski definition) is 5. The van der Waals surface area contributed by atoms with Crippen molar-refractivity contribution >= 4 is 34.3 Å². The van der Waals surface area contributed by atoms with Gasteiger partial charge in [0.15, 0.2) is 11.0 Å². The molecule has 0 saturated carbocycles. The number of rotatable bonds is 7. The highest BCUT2D eigenvalue weighted by Crippen LogP contribution is 2.24. The van der Waals surface area contributed by atoms with Crippen molar-refractivity contribution in [2.45, 2.75) is 23.5 Å². The number of anilines is 1. The first-order chi connectivity index (χ1) is 13.1. The zero-order valence-corrected chi connectivity index (χ0v) is 16.3. The van der Waals surface area contributed by atoms with E-state index in [9.17, 15) is 9.00 Å². The van der Waals surface area contributed by atoms with E-state index in [0.717, 1.165) is 11.3 Å². The van der Waals surface area contributed by atoms with Gasteiger partial charge in [0, 0.05) is 17.8 Å². The van der Waals surface area contributed by atoms with Crippen molar-refractivity contribution in [1.29, 1.82) is 0 Å². The van der Waals surface area contributed by atoms with Crippen molar-refractivity contribution in [1.82, 2.24) is 14.8 Å². The minimum Gasteiger partial charge on any atom is -0.325 e. The highest BCUT2D eigenvalue weighted by molar-refractivity contribution is 7.99. The van der Waals surface area contributed by atoms with Crippen LogP contribution in [0.25, 0.3) is 11.4 Å². The summed E-state index contributed by atoms with van der Waals surface area (Å²) >= 11 is 1.33. The molecular weight excluding hydrogens is 382 g/mol. The van der Waals surface area contributed by atoms with Crippen LogP contribution < -0.4 is 10.5 Å². The highest BCUT2D eigenvalue weighted by atomic mass is 32.2. The fraction of sp³-hybridized carbons (Fsp3) is 0.167. The third-order valence-corrected chi connectivity index (χ3v) is 5.47. The third kappa shape index (κ3) is 4.82. The van der Waals surface area contributed by atoms with Gasteiger partial charge in [-0.3, -0.25) is 4.79 Å². The lowest BCUT2D eigenvalue weighted by Gasteiger charge is -2.08. The SMILES string of the molecule is CCn1c(SCC(=O)Nc2ccccc2)nnc1-c1ccc(S(N)=O)cc1. The topological polar surface area (TPSA) is 103 Å². The largest absolute Gasteiger partial charge is 0.325 e. The smallest absolute Gasteiger partial charge is 0.234 e. The molecule has 1 atom stereocenters. The molecular formula is C18H19N5O2S2. The fourth-order valence-electron chi connectivity index (χ4n) is 2.48. The van der Waals surface area contributed by atoms with Gasteiger partial charge >= 0.3 is 0 Å². The molecule has 0 saturated heterocycles. The van der Waals surface area contributed by atoms with Gasteiger partial charge in [0.1, 0.15) is 11.0 Å². The van der Waals surface area contributed by atoms with Crippen molar-refractivity contribution in [3.05, 3.63) is 54.6 Å². The van der Waals surface area contributed by atoms with Crippen LogP contribution in [0.4, 0.5) is 5.69 Å². The number of nitrogens with zero attached hydrogens (tertiary/aromatic N) is 3. The minimum atomic E-state index is -1.51. The van der Waals surface area contributed by atoms with Gasteiger partial charge in [-0.05, 0) is 43.3 Å². The average Bonchev–Trinajstić information content (AvgIpc) is 3.10. The summed E-state index contributed by atoms with van der Waals surface area (Å²) in [5.41, 5.74) is 1.61. The summed E-state index contributed by atoms with van der Waals surface area (Å²) in [5, 5.41) is 17.4. The number of nitrogens with two attached hydrogens (primary N) is 1. The molecule has 2 aromatic carbocycles. The molecule has 0 fully saturated rings. The maximum absolute atomic E-state index is 12.1. The average molecular weight is 402 g/mol. The molecule has 0 radical (unpaired) electrons. The monoisotopic (exact) mass is 401 g/mol. The zero-order valence-electron chi connectivity index (χ0n) is 14.7. The van der Waals surface area contributed by atoms with E-state index in [1.807, 2.05) is 54.0 Å². The molecule has 1 unspecified atom stereocenters. The molecule has 1 aromatic heterocycles. The van der Waals surface area contributed by atoms with E-state index in [4.69, 9.17) is 5.14 Å². The Kier molecular flexibility index (Phi) is 6.38. The molecule has 3 N–H and O–H groups in total. The summed E-state index contributed by atoms with van der Waals surface area (Å²) in [5.74, 6) is 0.823. The van der Waals surface area contributed by atoms with Gasteiger partial charge in [-0.15, -0.1) is 10.2 Å². The number of carbonyl (C=O) groups excluding carboxylic acids is 1. The van der Waals surface area contributed by atoms with Crippen molar-refractivity contribution in [2.24, 2.45) is 5.14 Å². The number of para-hydroxylation sites is 1. The molecule has 0 bridgehead atoms. The molecule has 0 aliphatic rings. The lowest BCUT2D eigenvalue weighted by atomic mass is 10.2. The molecule has 1 amide bonds. The van der Waals surface area contributed by atoms with Crippen LogP contribution in [-0.4, -0.2) is 30.6 Å². The van der Waals surface area contributed by atoms with Crippen LogP contribution in [0, 0.1) is 0 Å². The Balaban J connectivity index is 1.70. The van der Waals surface area contributed by atoms with Gasteiger partial charge in [0.2, 0.25) is 5.91 Å². The normalized spacial score (nSPS) is 11.9. The third-order valence-electron chi connectivity index (χ3n) is 3.77.